The molecule has 3 aliphatic rings. The fourth-order valence-corrected chi connectivity index (χ4v) is 6.45. The number of benzene rings is 1. The van der Waals surface area contributed by atoms with Gasteiger partial charge in [-0.1, -0.05) is 24.4 Å². The standard InChI is InChI=1S/C27H34F4N2O2/c28-21-6-7-22-23(17-21)35-32-25(22)20-9-14-33(15-10-20)13-8-18-2-4-19(5-3-18)16-24(34)26(11-1-12-26)27(29,30)31/h6-7,17-20H,1-5,8-16H2. The van der Waals surface area contributed by atoms with Gasteiger partial charge in [0.1, 0.15) is 17.0 Å². The Hall–Kier alpha value is -1.96. The van der Waals surface area contributed by atoms with Crippen LogP contribution in [0, 0.1) is 23.1 Å². The van der Waals surface area contributed by atoms with Crippen LogP contribution < -0.4 is 0 Å². The van der Waals surface area contributed by atoms with Gasteiger partial charge in [0.15, 0.2) is 5.58 Å². The van der Waals surface area contributed by atoms with Gasteiger partial charge in [0.25, 0.3) is 0 Å². The second-order valence-corrected chi connectivity index (χ2v) is 11.1. The third-order valence-electron chi connectivity index (χ3n) is 9.01. The van der Waals surface area contributed by atoms with Crippen molar-refractivity contribution >= 4 is 16.8 Å². The molecule has 5 rings (SSSR count). The van der Waals surface area contributed by atoms with Gasteiger partial charge in [-0.2, -0.15) is 13.2 Å². The zero-order valence-corrected chi connectivity index (χ0v) is 20.1. The summed E-state index contributed by atoms with van der Waals surface area (Å²) >= 11 is 0. The van der Waals surface area contributed by atoms with E-state index in [0.29, 0.717) is 23.8 Å². The first kappa shape index (κ1) is 24.7. The molecule has 1 aromatic carbocycles. The Morgan fingerprint density at radius 2 is 1.74 bits per heavy atom. The van der Waals surface area contributed by atoms with Gasteiger partial charge in [0.2, 0.25) is 0 Å². The molecule has 0 bridgehead atoms. The minimum absolute atomic E-state index is 0.0210. The summed E-state index contributed by atoms with van der Waals surface area (Å²) in [6.45, 7) is 3.01. The minimum Gasteiger partial charge on any atom is -0.356 e. The molecule has 0 unspecified atom stereocenters. The van der Waals surface area contributed by atoms with E-state index in [1.54, 1.807) is 6.07 Å². The smallest absolute Gasteiger partial charge is 0.356 e. The molecule has 8 heteroatoms. The number of halogens is 4. The van der Waals surface area contributed by atoms with Crippen molar-refractivity contribution in [2.45, 2.75) is 82.7 Å². The number of aromatic nitrogens is 1. The van der Waals surface area contributed by atoms with Crippen LogP contribution in [-0.4, -0.2) is 41.7 Å². The van der Waals surface area contributed by atoms with E-state index in [0.717, 1.165) is 75.7 Å². The number of hydrogen-bond donors (Lipinski definition) is 0. The summed E-state index contributed by atoms with van der Waals surface area (Å²) in [4.78, 5) is 15.0. The number of ketones is 1. The van der Waals surface area contributed by atoms with Crippen molar-refractivity contribution < 1.29 is 26.9 Å². The molecule has 0 spiro atoms. The van der Waals surface area contributed by atoms with Crippen LogP contribution in [0.5, 0.6) is 0 Å². The maximum absolute atomic E-state index is 13.4. The highest BCUT2D eigenvalue weighted by Gasteiger charge is 2.62. The zero-order valence-electron chi connectivity index (χ0n) is 20.1. The van der Waals surface area contributed by atoms with Gasteiger partial charge in [0.05, 0.1) is 5.69 Å². The number of piperidine rings is 1. The lowest BCUT2D eigenvalue weighted by atomic mass is 9.63. The Kier molecular flexibility index (Phi) is 6.94. The van der Waals surface area contributed by atoms with Crippen LogP contribution in [0.3, 0.4) is 0 Å². The molecule has 1 aromatic heterocycles. The van der Waals surface area contributed by atoms with Gasteiger partial charge < -0.3 is 9.42 Å². The van der Waals surface area contributed by atoms with E-state index in [1.807, 2.05) is 0 Å². The predicted molar refractivity (Wildman–Crippen MR) is 124 cm³/mol. The lowest BCUT2D eigenvalue weighted by Crippen LogP contribution is -2.50. The number of carbonyl (C=O) groups excluding carboxylic acids is 1. The highest BCUT2D eigenvalue weighted by Crippen LogP contribution is 2.55. The molecule has 1 aliphatic heterocycles. The summed E-state index contributed by atoms with van der Waals surface area (Å²) in [5.41, 5.74) is -0.604. The minimum atomic E-state index is -4.40. The third kappa shape index (κ3) is 5.00. The number of rotatable bonds is 7. The molecule has 3 fully saturated rings. The Labute approximate surface area is 203 Å². The molecule has 4 nitrogen and oxygen atoms in total. The largest absolute Gasteiger partial charge is 0.401 e. The highest BCUT2D eigenvalue weighted by molar-refractivity contribution is 5.86. The number of alkyl halides is 3. The van der Waals surface area contributed by atoms with Gasteiger partial charge in [-0.25, -0.2) is 4.39 Å². The summed E-state index contributed by atoms with van der Waals surface area (Å²) in [6.07, 6.45) is 3.01. The number of fused-ring (bicyclic) bond motifs is 1. The summed E-state index contributed by atoms with van der Waals surface area (Å²) in [7, 11) is 0. The van der Waals surface area contributed by atoms with Crippen LogP contribution >= 0.6 is 0 Å². The Balaban J connectivity index is 1.03. The van der Waals surface area contributed by atoms with Gasteiger partial charge >= 0.3 is 6.18 Å². The molecular formula is C27H34F4N2O2. The molecule has 0 atom stereocenters. The average molecular weight is 495 g/mol. The molecule has 35 heavy (non-hydrogen) atoms. The molecule has 2 aromatic rings. The predicted octanol–water partition coefficient (Wildman–Crippen LogP) is 7.03. The van der Waals surface area contributed by atoms with Crippen molar-refractivity contribution in [2.24, 2.45) is 17.3 Å². The molecule has 192 valence electrons. The molecule has 2 saturated carbocycles. The fourth-order valence-electron chi connectivity index (χ4n) is 6.45. The normalized spacial score (nSPS) is 26.1. The molecule has 0 amide bonds. The van der Waals surface area contributed by atoms with Gasteiger partial charge in [-0.05, 0) is 88.5 Å². The zero-order chi connectivity index (χ0) is 24.6. The highest BCUT2D eigenvalue weighted by atomic mass is 19.4. The third-order valence-corrected chi connectivity index (χ3v) is 9.01. The van der Waals surface area contributed by atoms with E-state index in [4.69, 9.17) is 4.52 Å². The van der Waals surface area contributed by atoms with Crippen LogP contribution in [0.1, 0.15) is 82.2 Å². The molecular weight excluding hydrogens is 460 g/mol. The van der Waals surface area contributed by atoms with Gasteiger partial charge in [-0.3, -0.25) is 4.79 Å². The van der Waals surface area contributed by atoms with Crippen molar-refractivity contribution in [3.05, 3.63) is 29.7 Å². The number of carbonyl (C=O) groups is 1. The first-order chi connectivity index (χ1) is 16.7. The lowest BCUT2D eigenvalue weighted by molar-refractivity contribution is -0.242. The van der Waals surface area contributed by atoms with Crippen molar-refractivity contribution in [3.63, 3.8) is 0 Å². The van der Waals surface area contributed by atoms with E-state index in [1.165, 1.54) is 12.1 Å². The Morgan fingerprint density at radius 3 is 2.37 bits per heavy atom. The maximum atomic E-state index is 13.4. The van der Waals surface area contributed by atoms with E-state index < -0.39 is 17.4 Å². The lowest BCUT2D eigenvalue weighted by Gasteiger charge is -2.42. The Morgan fingerprint density at radius 1 is 1.06 bits per heavy atom. The molecule has 0 N–H and O–H groups in total. The van der Waals surface area contributed by atoms with Crippen molar-refractivity contribution in [1.29, 1.82) is 0 Å². The van der Waals surface area contributed by atoms with E-state index in [9.17, 15) is 22.4 Å². The molecule has 0 radical (unpaired) electrons. The van der Waals surface area contributed by atoms with E-state index in [-0.39, 0.29) is 31.0 Å². The molecule has 2 aliphatic carbocycles. The van der Waals surface area contributed by atoms with E-state index in [2.05, 4.69) is 10.1 Å². The second kappa shape index (κ2) is 9.83. The quantitative estimate of drug-likeness (QED) is 0.388. The summed E-state index contributed by atoms with van der Waals surface area (Å²) < 4.78 is 59.1. The summed E-state index contributed by atoms with van der Waals surface area (Å²) in [6, 6.07) is 4.58. The van der Waals surface area contributed by atoms with Crippen LogP contribution in [0.15, 0.2) is 22.7 Å². The van der Waals surface area contributed by atoms with Crippen molar-refractivity contribution in [2.75, 3.05) is 19.6 Å². The monoisotopic (exact) mass is 494 g/mol. The van der Waals surface area contributed by atoms with Crippen LogP contribution in [0.2, 0.25) is 0 Å². The Bertz CT molecular complexity index is 1030. The SMILES string of the molecule is O=C(CC1CCC(CCN2CCC(c3noc4cc(F)ccc34)CC2)CC1)C1(C(F)(F)F)CCC1. The van der Waals surface area contributed by atoms with E-state index >= 15 is 0 Å². The fraction of sp³-hybridized carbons (Fsp3) is 0.704. The second-order valence-electron chi connectivity index (χ2n) is 11.1. The number of nitrogens with zero attached hydrogens (tertiary/aromatic N) is 2. The van der Waals surface area contributed by atoms with Gasteiger partial charge in [0, 0.05) is 23.8 Å². The first-order valence-corrected chi connectivity index (χ1v) is 13.1. The van der Waals surface area contributed by atoms with Crippen LogP contribution in [0.25, 0.3) is 11.0 Å². The van der Waals surface area contributed by atoms with Gasteiger partial charge in [-0.15, -0.1) is 0 Å². The first-order valence-electron chi connectivity index (χ1n) is 13.1. The summed E-state index contributed by atoms with van der Waals surface area (Å²) in [5, 5.41) is 5.12. The van der Waals surface area contributed by atoms with Crippen molar-refractivity contribution in [1.82, 2.24) is 10.1 Å². The molecule has 1 saturated heterocycles. The average Bonchev–Trinajstić information content (AvgIpc) is 3.20. The summed E-state index contributed by atoms with van der Waals surface area (Å²) in [5.74, 6) is 0.141. The maximum Gasteiger partial charge on any atom is 0.401 e. The topological polar surface area (TPSA) is 46.3 Å². The number of likely N-dealkylation sites (tertiary alicyclic amines) is 1. The number of hydrogen-bond acceptors (Lipinski definition) is 4. The molecule has 2 heterocycles. The van der Waals surface area contributed by atoms with Crippen molar-refractivity contribution in [3.8, 4) is 0 Å². The number of Topliss-reactive ketones (excluding diaryl/α,β-unsaturated/α-hetero) is 1. The van der Waals surface area contributed by atoms with Crippen LogP contribution in [-0.2, 0) is 4.79 Å². The van der Waals surface area contributed by atoms with Crippen LogP contribution in [0.4, 0.5) is 17.6 Å².